The summed E-state index contributed by atoms with van der Waals surface area (Å²) in [7, 11) is 0. The van der Waals surface area contributed by atoms with Crippen LogP contribution in [0.5, 0.6) is 0 Å². The van der Waals surface area contributed by atoms with E-state index in [-0.39, 0.29) is 16.5 Å². The summed E-state index contributed by atoms with van der Waals surface area (Å²) in [6.07, 6.45) is 0. The van der Waals surface area contributed by atoms with Gasteiger partial charge in [0.1, 0.15) is 0 Å². The number of nitrogens with zero attached hydrogens (tertiary/aromatic N) is 2. The fourth-order valence-corrected chi connectivity index (χ4v) is 2.02. The molecular formula is C13H19ClN2O2. The van der Waals surface area contributed by atoms with Crippen LogP contribution in [0, 0.1) is 10.1 Å². The van der Waals surface area contributed by atoms with Crippen molar-refractivity contribution in [1.82, 2.24) is 0 Å². The van der Waals surface area contributed by atoms with Gasteiger partial charge in [-0.05, 0) is 24.5 Å². The van der Waals surface area contributed by atoms with Crippen LogP contribution < -0.4 is 4.90 Å². The fraction of sp³-hybridized carbons (Fsp3) is 0.538. The standard InChI is InChI=1S/C13H19ClN2O2/c1-4-15(6-5-14)12-7-11(10(2)3)8-13(9-12)16(17)18/h7-10H,4-6H2,1-3H3. The predicted molar refractivity (Wildman–Crippen MR) is 75.8 cm³/mol. The number of nitro benzene ring substituents is 1. The highest BCUT2D eigenvalue weighted by Crippen LogP contribution is 2.28. The lowest BCUT2D eigenvalue weighted by atomic mass is 10.0. The van der Waals surface area contributed by atoms with Crippen molar-refractivity contribution in [3.63, 3.8) is 0 Å². The largest absolute Gasteiger partial charge is 0.370 e. The maximum Gasteiger partial charge on any atom is 0.271 e. The zero-order valence-electron chi connectivity index (χ0n) is 11.0. The SMILES string of the molecule is CCN(CCCl)c1cc(C(C)C)cc([N+](=O)[O-])c1. The third kappa shape index (κ3) is 3.60. The minimum Gasteiger partial charge on any atom is -0.370 e. The number of nitro groups is 1. The van der Waals surface area contributed by atoms with E-state index in [1.54, 1.807) is 12.1 Å². The summed E-state index contributed by atoms with van der Waals surface area (Å²) >= 11 is 5.75. The van der Waals surface area contributed by atoms with E-state index < -0.39 is 0 Å². The second-order valence-corrected chi connectivity index (χ2v) is 4.84. The maximum absolute atomic E-state index is 11.0. The van der Waals surface area contributed by atoms with E-state index in [0.29, 0.717) is 12.4 Å². The van der Waals surface area contributed by atoms with Gasteiger partial charge in [0.05, 0.1) is 4.92 Å². The Labute approximate surface area is 113 Å². The molecule has 0 atom stereocenters. The molecule has 5 heteroatoms. The van der Waals surface area contributed by atoms with Crippen LogP contribution in [0.3, 0.4) is 0 Å². The number of halogens is 1. The van der Waals surface area contributed by atoms with Crippen LogP contribution >= 0.6 is 11.6 Å². The van der Waals surface area contributed by atoms with Gasteiger partial charge in [-0.1, -0.05) is 13.8 Å². The molecule has 0 spiro atoms. The zero-order chi connectivity index (χ0) is 13.7. The van der Waals surface area contributed by atoms with Crippen molar-refractivity contribution in [2.24, 2.45) is 0 Å². The molecule has 1 aromatic rings. The van der Waals surface area contributed by atoms with Gasteiger partial charge in [-0.3, -0.25) is 10.1 Å². The van der Waals surface area contributed by atoms with Crippen LogP contribution in [0.25, 0.3) is 0 Å². The van der Waals surface area contributed by atoms with Gasteiger partial charge in [-0.2, -0.15) is 0 Å². The molecule has 0 saturated heterocycles. The molecule has 0 aromatic heterocycles. The Hall–Kier alpha value is -1.29. The van der Waals surface area contributed by atoms with Crippen LogP contribution in [0.1, 0.15) is 32.3 Å². The Morgan fingerprint density at radius 3 is 2.50 bits per heavy atom. The Bertz CT molecular complexity index is 421. The Morgan fingerprint density at radius 1 is 1.39 bits per heavy atom. The van der Waals surface area contributed by atoms with Crippen molar-refractivity contribution in [3.8, 4) is 0 Å². The second kappa shape index (κ2) is 6.59. The van der Waals surface area contributed by atoms with Gasteiger partial charge in [-0.25, -0.2) is 0 Å². The summed E-state index contributed by atoms with van der Waals surface area (Å²) in [5, 5.41) is 11.0. The molecule has 100 valence electrons. The second-order valence-electron chi connectivity index (χ2n) is 4.46. The molecule has 0 bridgehead atoms. The van der Waals surface area contributed by atoms with Crippen LogP contribution in [0.2, 0.25) is 0 Å². The lowest BCUT2D eigenvalue weighted by molar-refractivity contribution is -0.384. The van der Waals surface area contributed by atoms with Crippen molar-refractivity contribution < 1.29 is 4.92 Å². The van der Waals surface area contributed by atoms with Gasteiger partial charge in [0, 0.05) is 36.8 Å². The van der Waals surface area contributed by atoms with E-state index in [2.05, 4.69) is 0 Å². The number of hydrogen-bond acceptors (Lipinski definition) is 3. The van der Waals surface area contributed by atoms with E-state index in [4.69, 9.17) is 11.6 Å². The highest BCUT2D eigenvalue weighted by molar-refractivity contribution is 6.18. The zero-order valence-corrected chi connectivity index (χ0v) is 11.8. The first-order chi connectivity index (χ1) is 8.49. The van der Waals surface area contributed by atoms with E-state index in [1.807, 2.05) is 31.7 Å². The number of rotatable bonds is 6. The number of alkyl halides is 1. The number of benzene rings is 1. The number of anilines is 1. The summed E-state index contributed by atoms with van der Waals surface area (Å²) in [4.78, 5) is 12.7. The van der Waals surface area contributed by atoms with E-state index in [9.17, 15) is 10.1 Å². The van der Waals surface area contributed by atoms with E-state index >= 15 is 0 Å². The van der Waals surface area contributed by atoms with Crippen molar-refractivity contribution >= 4 is 23.0 Å². The fourth-order valence-electron chi connectivity index (χ4n) is 1.81. The maximum atomic E-state index is 11.0. The van der Waals surface area contributed by atoms with Crippen molar-refractivity contribution in [2.45, 2.75) is 26.7 Å². The average Bonchev–Trinajstić information content (AvgIpc) is 2.35. The molecule has 0 aliphatic rings. The summed E-state index contributed by atoms with van der Waals surface area (Å²) in [6, 6.07) is 5.26. The monoisotopic (exact) mass is 270 g/mol. The molecule has 0 amide bonds. The number of non-ortho nitro benzene ring substituents is 1. The first-order valence-electron chi connectivity index (χ1n) is 6.09. The highest BCUT2D eigenvalue weighted by Gasteiger charge is 2.14. The molecule has 0 N–H and O–H groups in total. The van der Waals surface area contributed by atoms with Gasteiger partial charge in [-0.15, -0.1) is 11.6 Å². The molecule has 0 radical (unpaired) electrons. The molecule has 0 fully saturated rings. The van der Waals surface area contributed by atoms with E-state index in [0.717, 1.165) is 17.8 Å². The summed E-state index contributed by atoms with van der Waals surface area (Å²) in [5.41, 5.74) is 1.99. The van der Waals surface area contributed by atoms with Crippen LogP contribution in [-0.2, 0) is 0 Å². The number of hydrogen-bond donors (Lipinski definition) is 0. The van der Waals surface area contributed by atoms with Crippen LogP contribution in [0.15, 0.2) is 18.2 Å². The van der Waals surface area contributed by atoms with Gasteiger partial charge in [0.2, 0.25) is 0 Å². The smallest absolute Gasteiger partial charge is 0.271 e. The minimum absolute atomic E-state index is 0.143. The molecule has 0 aliphatic heterocycles. The topological polar surface area (TPSA) is 46.4 Å². The van der Waals surface area contributed by atoms with Gasteiger partial charge in [0.25, 0.3) is 5.69 Å². The van der Waals surface area contributed by atoms with Gasteiger partial charge >= 0.3 is 0 Å². The van der Waals surface area contributed by atoms with Crippen molar-refractivity contribution in [1.29, 1.82) is 0 Å². The van der Waals surface area contributed by atoms with E-state index in [1.165, 1.54) is 0 Å². The van der Waals surface area contributed by atoms with Crippen LogP contribution in [0.4, 0.5) is 11.4 Å². The molecule has 0 aliphatic carbocycles. The average molecular weight is 271 g/mol. The van der Waals surface area contributed by atoms with Crippen molar-refractivity contribution in [2.75, 3.05) is 23.9 Å². The van der Waals surface area contributed by atoms with Crippen molar-refractivity contribution in [3.05, 3.63) is 33.9 Å². The Morgan fingerprint density at radius 2 is 2.06 bits per heavy atom. The van der Waals surface area contributed by atoms with Gasteiger partial charge < -0.3 is 4.90 Å². The highest BCUT2D eigenvalue weighted by atomic mass is 35.5. The van der Waals surface area contributed by atoms with Gasteiger partial charge in [0.15, 0.2) is 0 Å². The summed E-state index contributed by atoms with van der Waals surface area (Å²) < 4.78 is 0. The Balaban J connectivity index is 3.20. The lowest BCUT2D eigenvalue weighted by Gasteiger charge is -2.23. The predicted octanol–water partition coefficient (Wildman–Crippen LogP) is 3.78. The lowest BCUT2D eigenvalue weighted by Crippen LogP contribution is -2.25. The molecule has 4 nitrogen and oxygen atoms in total. The molecule has 18 heavy (non-hydrogen) atoms. The first kappa shape index (κ1) is 14.8. The minimum atomic E-state index is -0.343. The van der Waals surface area contributed by atoms with Crippen LogP contribution in [-0.4, -0.2) is 23.9 Å². The molecule has 1 aromatic carbocycles. The molecule has 1 rings (SSSR count). The first-order valence-corrected chi connectivity index (χ1v) is 6.63. The quantitative estimate of drug-likeness (QED) is 0.449. The molecular weight excluding hydrogens is 252 g/mol. The summed E-state index contributed by atoms with van der Waals surface area (Å²) in [5.74, 6) is 0.770. The Kier molecular flexibility index (Phi) is 5.41. The molecule has 0 heterocycles. The molecule has 0 saturated carbocycles. The third-order valence-electron chi connectivity index (χ3n) is 2.90. The normalized spacial score (nSPS) is 10.7. The summed E-state index contributed by atoms with van der Waals surface area (Å²) in [6.45, 7) is 7.55. The molecule has 0 unspecified atom stereocenters. The third-order valence-corrected chi connectivity index (χ3v) is 3.07.